The highest BCUT2D eigenvalue weighted by atomic mass is 35.5. The molecule has 0 spiro atoms. The summed E-state index contributed by atoms with van der Waals surface area (Å²) in [5.74, 6) is 1.58. The number of aryl methyl sites for hydroxylation is 3. The number of benzene rings is 1. The Bertz CT molecular complexity index is 1050. The third kappa shape index (κ3) is 3.44. The van der Waals surface area contributed by atoms with Crippen LogP contribution in [0.1, 0.15) is 29.7 Å². The predicted octanol–water partition coefficient (Wildman–Crippen LogP) is 4.66. The lowest BCUT2D eigenvalue weighted by Crippen LogP contribution is -2.41. The van der Waals surface area contributed by atoms with Crippen LogP contribution in [0.5, 0.6) is 0 Å². The van der Waals surface area contributed by atoms with E-state index in [1.807, 2.05) is 32.9 Å². The smallest absolute Gasteiger partial charge is 0.231 e. The van der Waals surface area contributed by atoms with E-state index in [0.717, 1.165) is 53.2 Å². The molecule has 0 radical (unpaired) electrons. The number of amides is 1. The van der Waals surface area contributed by atoms with Crippen molar-refractivity contribution < 1.29 is 9.21 Å². The minimum absolute atomic E-state index is 0.0143. The molecule has 3 heterocycles. The first-order valence-electron chi connectivity index (χ1n) is 9.46. The highest BCUT2D eigenvalue weighted by molar-refractivity contribution is 6.31. The first-order valence-corrected chi connectivity index (χ1v) is 9.84. The van der Waals surface area contributed by atoms with Gasteiger partial charge < -0.3 is 14.6 Å². The fourth-order valence-electron chi connectivity index (χ4n) is 3.75. The molecule has 1 unspecified atom stereocenters. The van der Waals surface area contributed by atoms with Crippen LogP contribution in [0.15, 0.2) is 28.9 Å². The molecule has 4 rings (SSSR count). The number of carbonyl (C=O) groups excluding carboxylic acids is 1. The largest absolute Gasteiger partial charge is 0.443 e. The number of hydrogen-bond acceptors (Lipinski definition) is 5. The van der Waals surface area contributed by atoms with E-state index in [0.29, 0.717) is 17.3 Å². The van der Waals surface area contributed by atoms with Gasteiger partial charge in [0, 0.05) is 29.4 Å². The van der Waals surface area contributed by atoms with Crippen molar-refractivity contribution in [2.75, 3.05) is 23.3 Å². The van der Waals surface area contributed by atoms with Crippen molar-refractivity contribution in [1.82, 2.24) is 9.97 Å². The van der Waals surface area contributed by atoms with Crippen LogP contribution in [0, 0.1) is 26.7 Å². The Labute approximate surface area is 168 Å². The van der Waals surface area contributed by atoms with Crippen molar-refractivity contribution in [2.24, 2.45) is 5.92 Å². The number of anilines is 2. The van der Waals surface area contributed by atoms with Gasteiger partial charge in [-0.15, -0.1) is 0 Å². The number of rotatable bonds is 3. The van der Waals surface area contributed by atoms with Crippen LogP contribution in [0.25, 0.3) is 11.1 Å². The molecule has 1 N–H and O–H groups in total. The molecule has 3 aromatic rings. The molecule has 1 aliphatic heterocycles. The molecule has 0 saturated carbocycles. The van der Waals surface area contributed by atoms with Gasteiger partial charge in [-0.2, -0.15) is 0 Å². The summed E-state index contributed by atoms with van der Waals surface area (Å²) in [7, 11) is 0. The lowest BCUT2D eigenvalue weighted by atomic mass is 9.96. The summed E-state index contributed by atoms with van der Waals surface area (Å²) in [5, 5.41) is 4.59. The van der Waals surface area contributed by atoms with Gasteiger partial charge in [0.2, 0.25) is 11.6 Å². The van der Waals surface area contributed by atoms with Gasteiger partial charge in [-0.05, 0) is 51.3 Å². The van der Waals surface area contributed by atoms with Crippen LogP contribution in [-0.2, 0) is 4.79 Å². The van der Waals surface area contributed by atoms with Gasteiger partial charge in [0.05, 0.1) is 11.3 Å². The molecule has 146 valence electrons. The van der Waals surface area contributed by atoms with Gasteiger partial charge in [-0.1, -0.05) is 17.7 Å². The van der Waals surface area contributed by atoms with Gasteiger partial charge in [0.15, 0.2) is 0 Å². The first kappa shape index (κ1) is 18.7. The predicted molar refractivity (Wildman–Crippen MR) is 111 cm³/mol. The minimum atomic E-state index is -0.120. The molecule has 1 amide bonds. The number of aromatic nitrogens is 2. The Morgan fingerprint density at radius 3 is 2.93 bits per heavy atom. The lowest BCUT2D eigenvalue weighted by molar-refractivity contribution is -0.120. The summed E-state index contributed by atoms with van der Waals surface area (Å²) < 4.78 is 5.74. The molecule has 1 aromatic carbocycles. The zero-order valence-corrected chi connectivity index (χ0v) is 17.0. The van der Waals surface area contributed by atoms with Crippen molar-refractivity contribution >= 4 is 40.1 Å². The second-order valence-corrected chi connectivity index (χ2v) is 7.83. The van der Waals surface area contributed by atoms with E-state index in [4.69, 9.17) is 16.0 Å². The average molecular weight is 399 g/mol. The normalized spacial score (nSPS) is 17.1. The van der Waals surface area contributed by atoms with E-state index in [9.17, 15) is 4.79 Å². The molecule has 28 heavy (non-hydrogen) atoms. The molecule has 1 aliphatic rings. The molecule has 6 nitrogen and oxygen atoms in total. The second kappa shape index (κ2) is 7.43. The number of furan rings is 1. The summed E-state index contributed by atoms with van der Waals surface area (Å²) in [6.45, 7) is 7.38. The van der Waals surface area contributed by atoms with Crippen LogP contribution >= 0.6 is 11.6 Å². The number of nitrogens with one attached hydrogen (secondary N) is 1. The fourth-order valence-corrected chi connectivity index (χ4v) is 3.92. The molecular weight excluding hydrogens is 376 g/mol. The number of nitrogens with zero attached hydrogens (tertiary/aromatic N) is 3. The highest BCUT2D eigenvalue weighted by Gasteiger charge is 2.29. The minimum Gasteiger partial charge on any atom is -0.443 e. The Hall–Kier alpha value is -2.60. The number of fused-ring (bicyclic) bond motifs is 1. The molecule has 0 bridgehead atoms. The first-order chi connectivity index (χ1) is 13.4. The van der Waals surface area contributed by atoms with Crippen LogP contribution in [0.3, 0.4) is 0 Å². The van der Waals surface area contributed by atoms with Crippen molar-refractivity contribution in [3.63, 3.8) is 0 Å². The summed E-state index contributed by atoms with van der Waals surface area (Å²) in [6.07, 6.45) is 3.30. The topological polar surface area (TPSA) is 71.3 Å². The maximum atomic E-state index is 12.9. The summed E-state index contributed by atoms with van der Waals surface area (Å²) in [6, 6.07) is 5.53. The molecule has 0 aliphatic carbocycles. The van der Waals surface area contributed by atoms with E-state index in [2.05, 4.69) is 20.2 Å². The van der Waals surface area contributed by atoms with Gasteiger partial charge in [-0.3, -0.25) is 4.79 Å². The zero-order valence-electron chi connectivity index (χ0n) is 16.3. The molecule has 1 saturated heterocycles. The fraction of sp³-hybridized carbons (Fsp3) is 0.381. The Kier molecular flexibility index (Phi) is 4.98. The average Bonchev–Trinajstić information content (AvgIpc) is 2.99. The number of hydrogen-bond donors (Lipinski definition) is 1. The monoisotopic (exact) mass is 398 g/mol. The second-order valence-electron chi connectivity index (χ2n) is 7.39. The highest BCUT2D eigenvalue weighted by Crippen LogP contribution is 2.33. The third-order valence-corrected chi connectivity index (χ3v) is 5.73. The number of carbonyl (C=O) groups is 1. The van der Waals surface area contributed by atoms with E-state index in [1.165, 1.54) is 6.33 Å². The molecule has 1 fully saturated rings. The standard InChI is InChI=1S/C21H23ClN4O2/c1-12-6-7-16(22)9-17(12)25-20(27)15-5-4-8-26(10-15)19-18-13(2)14(3)28-21(18)24-11-23-19/h6-7,9,11,15H,4-5,8,10H2,1-3H3,(H,25,27). The quantitative estimate of drug-likeness (QED) is 0.694. The van der Waals surface area contributed by atoms with Crippen LogP contribution < -0.4 is 10.2 Å². The molecule has 1 atom stereocenters. The van der Waals surface area contributed by atoms with Gasteiger partial charge in [0.1, 0.15) is 17.9 Å². The Balaban J connectivity index is 1.57. The molecule has 7 heteroatoms. The zero-order chi connectivity index (χ0) is 19.8. The number of piperidine rings is 1. The molecular formula is C21H23ClN4O2. The summed E-state index contributed by atoms with van der Waals surface area (Å²) >= 11 is 6.08. The van der Waals surface area contributed by atoms with Crippen LogP contribution in [0.4, 0.5) is 11.5 Å². The van der Waals surface area contributed by atoms with Gasteiger partial charge >= 0.3 is 0 Å². The lowest BCUT2D eigenvalue weighted by Gasteiger charge is -2.33. The van der Waals surface area contributed by atoms with Crippen LogP contribution in [0.2, 0.25) is 5.02 Å². The Morgan fingerprint density at radius 1 is 1.29 bits per heavy atom. The van der Waals surface area contributed by atoms with E-state index >= 15 is 0 Å². The SMILES string of the molecule is Cc1ccc(Cl)cc1NC(=O)C1CCCN(c2ncnc3oc(C)c(C)c23)C1. The maximum absolute atomic E-state index is 12.9. The van der Waals surface area contributed by atoms with Crippen molar-refractivity contribution in [2.45, 2.75) is 33.6 Å². The molecule has 2 aromatic heterocycles. The van der Waals surface area contributed by atoms with Crippen molar-refractivity contribution in [3.8, 4) is 0 Å². The van der Waals surface area contributed by atoms with Gasteiger partial charge in [-0.25, -0.2) is 9.97 Å². The van der Waals surface area contributed by atoms with E-state index in [-0.39, 0.29) is 11.8 Å². The maximum Gasteiger partial charge on any atom is 0.231 e. The summed E-state index contributed by atoms with van der Waals surface area (Å²) in [5.41, 5.74) is 3.40. The Morgan fingerprint density at radius 2 is 2.11 bits per heavy atom. The van der Waals surface area contributed by atoms with Crippen molar-refractivity contribution in [1.29, 1.82) is 0 Å². The van der Waals surface area contributed by atoms with Crippen LogP contribution in [-0.4, -0.2) is 29.0 Å². The summed E-state index contributed by atoms with van der Waals surface area (Å²) in [4.78, 5) is 23.8. The van der Waals surface area contributed by atoms with E-state index < -0.39 is 0 Å². The van der Waals surface area contributed by atoms with Gasteiger partial charge in [0.25, 0.3) is 0 Å². The number of halogens is 1. The van der Waals surface area contributed by atoms with Crippen molar-refractivity contribution in [3.05, 3.63) is 46.4 Å². The third-order valence-electron chi connectivity index (χ3n) is 5.49. The van der Waals surface area contributed by atoms with E-state index in [1.54, 1.807) is 6.07 Å².